The molecule has 3 heterocycles. The first kappa shape index (κ1) is 26.8. The number of para-hydroxylation sites is 1. The predicted molar refractivity (Wildman–Crippen MR) is 153 cm³/mol. The highest BCUT2D eigenvalue weighted by Gasteiger charge is 2.37. The normalized spacial score (nSPS) is 17.7. The van der Waals surface area contributed by atoms with Crippen molar-refractivity contribution in [1.29, 1.82) is 0 Å². The number of carbonyl (C=O) groups excluding carboxylic acids is 2. The summed E-state index contributed by atoms with van der Waals surface area (Å²) in [7, 11) is 0. The molecule has 5 rings (SSSR count). The van der Waals surface area contributed by atoms with Gasteiger partial charge in [0, 0.05) is 12.1 Å². The molecule has 0 saturated carbocycles. The first-order valence-corrected chi connectivity index (χ1v) is 14.5. The molecule has 7 nitrogen and oxygen atoms in total. The van der Waals surface area contributed by atoms with Gasteiger partial charge in [0.05, 0.1) is 35.2 Å². The smallest absolute Gasteiger partial charge is 0.338 e. The van der Waals surface area contributed by atoms with Gasteiger partial charge in [-0.2, -0.15) is 0 Å². The fourth-order valence-electron chi connectivity index (χ4n) is 5.39. The second-order valence-electron chi connectivity index (χ2n) is 9.80. The van der Waals surface area contributed by atoms with Crippen LogP contribution in [0.3, 0.4) is 0 Å². The number of ether oxygens (including phenoxy) is 1. The van der Waals surface area contributed by atoms with E-state index in [1.54, 1.807) is 23.3 Å². The number of carbonyl (C=O) groups is 2. The predicted octanol–water partition coefficient (Wildman–Crippen LogP) is 4.49. The Balaban J connectivity index is 1.66. The van der Waals surface area contributed by atoms with Gasteiger partial charge in [0.15, 0.2) is 4.80 Å². The first-order chi connectivity index (χ1) is 19.0. The lowest BCUT2D eigenvalue weighted by atomic mass is 9.96. The van der Waals surface area contributed by atoms with Crippen molar-refractivity contribution in [1.82, 2.24) is 4.57 Å². The van der Waals surface area contributed by atoms with Gasteiger partial charge >= 0.3 is 5.97 Å². The number of thiazole rings is 1. The molecule has 1 atom stereocenters. The average molecular weight is 544 g/mol. The summed E-state index contributed by atoms with van der Waals surface area (Å²) in [4.78, 5) is 48.0. The summed E-state index contributed by atoms with van der Waals surface area (Å²) in [5.74, 6) is -0.656. The number of aromatic nitrogens is 1. The molecular formula is C31H33N3O4S. The number of hydrogen-bond acceptors (Lipinski definition) is 6. The maximum absolute atomic E-state index is 14.2. The van der Waals surface area contributed by atoms with Crippen molar-refractivity contribution in [2.24, 2.45) is 4.99 Å². The molecule has 0 spiro atoms. The number of rotatable bonds is 9. The van der Waals surface area contributed by atoms with Crippen molar-refractivity contribution in [2.45, 2.75) is 58.9 Å². The number of esters is 1. The molecule has 1 amide bonds. The molecule has 2 aromatic carbocycles. The fourth-order valence-corrected chi connectivity index (χ4v) is 6.52. The van der Waals surface area contributed by atoms with E-state index < -0.39 is 12.0 Å². The highest BCUT2D eigenvalue weighted by atomic mass is 32.1. The second-order valence-corrected chi connectivity index (χ2v) is 10.8. The highest BCUT2D eigenvalue weighted by Crippen LogP contribution is 2.36. The first-order valence-electron chi connectivity index (χ1n) is 13.7. The Kier molecular flexibility index (Phi) is 7.93. The summed E-state index contributed by atoms with van der Waals surface area (Å²) in [6.45, 7) is 6.52. The molecule has 0 aliphatic carbocycles. The topological polar surface area (TPSA) is 81.0 Å². The summed E-state index contributed by atoms with van der Waals surface area (Å²) >= 11 is 1.21. The fraction of sp³-hybridized carbons (Fsp3) is 0.355. The van der Waals surface area contributed by atoms with E-state index in [2.05, 4.69) is 11.9 Å². The molecule has 8 heteroatoms. The highest BCUT2D eigenvalue weighted by molar-refractivity contribution is 7.07. The zero-order chi connectivity index (χ0) is 27.5. The third-order valence-electron chi connectivity index (χ3n) is 7.24. The maximum Gasteiger partial charge on any atom is 0.338 e. The molecule has 0 N–H and O–H groups in total. The molecule has 0 unspecified atom stereocenters. The molecule has 39 heavy (non-hydrogen) atoms. The number of fused-ring (bicyclic) bond motifs is 2. The standard InChI is InChI=1S/C31H33N3O4S/c1-4-6-7-8-14-19-33-23-18-13-12-17-22(23)25(28(33)35)27-29(36)34-26(21-15-10-9-11-16-21)24(30(37)38-5-2)20(3)32-31(34)39-27/h9-13,15-18,26H,4-8,14,19H2,1-3H3/t26-/m0/s1. The Morgan fingerprint density at radius 2 is 1.69 bits per heavy atom. The quantitative estimate of drug-likeness (QED) is 0.294. The molecule has 3 aromatic rings. The van der Waals surface area contributed by atoms with Crippen LogP contribution in [0.1, 0.15) is 70.0 Å². The lowest BCUT2D eigenvalue weighted by molar-refractivity contribution is -0.139. The number of hydrogen-bond donors (Lipinski definition) is 0. The summed E-state index contributed by atoms with van der Waals surface area (Å²) in [6, 6.07) is 16.4. The van der Waals surface area contributed by atoms with Gasteiger partial charge in [0.1, 0.15) is 4.53 Å². The number of allylic oxidation sites excluding steroid dienone is 1. The lowest BCUT2D eigenvalue weighted by Crippen LogP contribution is -2.41. The van der Waals surface area contributed by atoms with Crippen LogP contribution < -0.4 is 19.8 Å². The molecule has 1 aromatic heterocycles. The Morgan fingerprint density at radius 1 is 0.974 bits per heavy atom. The van der Waals surface area contributed by atoms with Crippen molar-refractivity contribution in [2.75, 3.05) is 18.1 Å². The van der Waals surface area contributed by atoms with Gasteiger partial charge in [-0.25, -0.2) is 9.79 Å². The molecule has 2 aliphatic rings. The van der Waals surface area contributed by atoms with Gasteiger partial charge in [0.25, 0.3) is 11.5 Å². The van der Waals surface area contributed by atoms with E-state index in [1.165, 1.54) is 17.8 Å². The van der Waals surface area contributed by atoms with Crippen molar-refractivity contribution in [3.05, 3.63) is 96.7 Å². The minimum atomic E-state index is -0.697. The third kappa shape index (κ3) is 4.89. The van der Waals surface area contributed by atoms with Gasteiger partial charge in [-0.15, -0.1) is 0 Å². The zero-order valence-corrected chi connectivity index (χ0v) is 23.4. The number of amides is 1. The largest absolute Gasteiger partial charge is 0.463 e. The van der Waals surface area contributed by atoms with E-state index in [4.69, 9.17) is 4.74 Å². The SMILES string of the molecule is CCCCCCCN1C(=O)C(=c2sc3n(c2=O)[C@@H](c2ccccc2)C(C(=O)OCC)=C(C)N=3)c2ccccc21. The molecule has 0 radical (unpaired) electrons. The van der Waals surface area contributed by atoms with E-state index in [0.29, 0.717) is 32.7 Å². The lowest BCUT2D eigenvalue weighted by Gasteiger charge is -2.24. The summed E-state index contributed by atoms with van der Waals surface area (Å²) in [6.07, 6.45) is 5.46. The molecular weight excluding hydrogens is 510 g/mol. The second kappa shape index (κ2) is 11.5. The van der Waals surface area contributed by atoms with Crippen molar-refractivity contribution < 1.29 is 14.3 Å². The van der Waals surface area contributed by atoms with E-state index >= 15 is 0 Å². The third-order valence-corrected chi connectivity index (χ3v) is 8.30. The van der Waals surface area contributed by atoms with Gasteiger partial charge in [-0.3, -0.25) is 14.2 Å². The summed E-state index contributed by atoms with van der Waals surface area (Å²) < 4.78 is 7.26. The number of unbranched alkanes of at least 4 members (excludes halogenated alkanes) is 4. The Labute approximate surface area is 231 Å². The monoisotopic (exact) mass is 543 g/mol. The van der Waals surface area contributed by atoms with Crippen LogP contribution in [-0.2, 0) is 14.3 Å². The van der Waals surface area contributed by atoms with Gasteiger partial charge in [0.2, 0.25) is 0 Å². The van der Waals surface area contributed by atoms with Gasteiger partial charge < -0.3 is 9.64 Å². The Morgan fingerprint density at radius 3 is 2.44 bits per heavy atom. The van der Waals surface area contributed by atoms with Crippen LogP contribution in [0.15, 0.2) is 75.7 Å². The van der Waals surface area contributed by atoms with Gasteiger partial charge in [-0.1, -0.05) is 92.5 Å². The Hall–Kier alpha value is -3.78. The average Bonchev–Trinajstić information content (AvgIpc) is 3.40. The minimum absolute atomic E-state index is 0.158. The number of anilines is 1. The van der Waals surface area contributed by atoms with Crippen LogP contribution in [0.25, 0.3) is 5.57 Å². The van der Waals surface area contributed by atoms with Crippen molar-refractivity contribution in [3.8, 4) is 0 Å². The minimum Gasteiger partial charge on any atom is -0.463 e. The van der Waals surface area contributed by atoms with Gasteiger partial charge in [-0.05, 0) is 31.9 Å². The summed E-state index contributed by atoms with van der Waals surface area (Å²) in [5, 5.41) is 0. The van der Waals surface area contributed by atoms with Crippen LogP contribution in [0, 0.1) is 0 Å². The number of nitrogens with zero attached hydrogens (tertiary/aromatic N) is 3. The molecule has 2 aliphatic heterocycles. The molecule has 0 saturated heterocycles. The van der Waals surface area contributed by atoms with Crippen LogP contribution in [0.5, 0.6) is 0 Å². The number of benzene rings is 2. The Bertz CT molecular complexity index is 1620. The van der Waals surface area contributed by atoms with Crippen LogP contribution in [0.4, 0.5) is 5.69 Å². The van der Waals surface area contributed by atoms with E-state index in [-0.39, 0.29) is 18.1 Å². The van der Waals surface area contributed by atoms with Crippen LogP contribution in [0.2, 0.25) is 0 Å². The van der Waals surface area contributed by atoms with Crippen LogP contribution in [-0.4, -0.2) is 29.6 Å². The van der Waals surface area contributed by atoms with Crippen molar-refractivity contribution >= 4 is 34.5 Å². The maximum atomic E-state index is 14.2. The summed E-state index contributed by atoms with van der Waals surface area (Å²) in [5.41, 5.74) is 3.30. The zero-order valence-electron chi connectivity index (χ0n) is 22.6. The van der Waals surface area contributed by atoms with E-state index in [0.717, 1.165) is 42.5 Å². The van der Waals surface area contributed by atoms with Crippen molar-refractivity contribution in [3.63, 3.8) is 0 Å². The van der Waals surface area contributed by atoms with E-state index in [9.17, 15) is 14.4 Å². The molecule has 0 fully saturated rings. The molecule has 202 valence electrons. The van der Waals surface area contributed by atoms with E-state index in [1.807, 2.05) is 54.6 Å². The van der Waals surface area contributed by atoms with Crippen LogP contribution >= 0.6 is 11.3 Å². The molecule has 0 bridgehead atoms.